The van der Waals surface area contributed by atoms with Crippen LogP contribution in [-0.2, 0) is 0 Å². The van der Waals surface area contributed by atoms with Gasteiger partial charge in [-0.25, -0.2) is 4.98 Å². The van der Waals surface area contributed by atoms with Crippen LogP contribution < -0.4 is 10.3 Å². The third kappa shape index (κ3) is 2.16. The molecular formula is C13H10N4O3. The summed E-state index contributed by atoms with van der Waals surface area (Å²) in [7, 11) is 1.54. The van der Waals surface area contributed by atoms with E-state index in [1.54, 1.807) is 30.5 Å². The van der Waals surface area contributed by atoms with Crippen molar-refractivity contribution in [3.63, 3.8) is 0 Å². The fourth-order valence-corrected chi connectivity index (χ4v) is 1.67. The average molecular weight is 270 g/mol. The van der Waals surface area contributed by atoms with E-state index in [2.05, 4.69) is 20.1 Å². The highest BCUT2D eigenvalue weighted by molar-refractivity contribution is 5.58. The summed E-state index contributed by atoms with van der Waals surface area (Å²) in [5, 5.41) is 3.84. The first-order chi connectivity index (χ1) is 9.78. The molecule has 7 heteroatoms. The average Bonchev–Trinajstić information content (AvgIpc) is 2.97. The number of hydrogen-bond donors (Lipinski definition) is 1. The maximum Gasteiger partial charge on any atom is 0.263 e. The summed E-state index contributed by atoms with van der Waals surface area (Å²) >= 11 is 0. The van der Waals surface area contributed by atoms with Crippen molar-refractivity contribution in [2.75, 3.05) is 7.11 Å². The summed E-state index contributed by atoms with van der Waals surface area (Å²) in [6.07, 6.45) is 3.11. The Kier molecular flexibility index (Phi) is 3.00. The molecule has 20 heavy (non-hydrogen) atoms. The van der Waals surface area contributed by atoms with Crippen LogP contribution in [0.2, 0.25) is 0 Å². The van der Waals surface area contributed by atoms with Crippen LogP contribution in [0.25, 0.3) is 22.8 Å². The Morgan fingerprint density at radius 1 is 1.30 bits per heavy atom. The molecule has 3 heterocycles. The summed E-state index contributed by atoms with van der Waals surface area (Å²) in [5.74, 6) is 1.02. The molecule has 3 rings (SSSR count). The zero-order valence-electron chi connectivity index (χ0n) is 10.5. The second-order valence-electron chi connectivity index (χ2n) is 3.93. The van der Waals surface area contributed by atoms with Gasteiger partial charge in [0.2, 0.25) is 11.7 Å². The van der Waals surface area contributed by atoms with Crippen molar-refractivity contribution in [3.8, 4) is 28.7 Å². The van der Waals surface area contributed by atoms with Crippen molar-refractivity contribution in [1.82, 2.24) is 20.1 Å². The van der Waals surface area contributed by atoms with Crippen LogP contribution in [0.4, 0.5) is 0 Å². The number of methoxy groups -OCH3 is 1. The first kappa shape index (κ1) is 12.1. The van der Waals surface area contributed by atoms with Crippen LogP contribution in [0.1, 0.15) is 0 Å². The third-order valence-corrected chi connectivity index (χ3v) is 2.68. The molecule has 0 amide bonds. The molecule has 0 saturated heterocycles. The molecule has 0 aliphatic carbocycles. The fraction of sp³-hybridized carbons (Fsp3) is 0.0769. The van der Waals surface area contributed by atoms with Gasteiger partial charge < -0.3 is 14.2 Å². The van der Waals surface area contributed by atoms with Gasteiger partial charge in [0.1, 0.15) is 5.56 Å². The fourth-order valence-electron chi connectivity index (χ4n) is 1.67. The number of hydrogen-bond acceptors (Lipinski definition) is 6. The molecule has 0 aliphatic heterocycles. The van der Waals surface area contributed by atoms with Crippen molar-refractivity contribution in [2.24, 2.45) is 0 Å². The number of rotatable bonds is 3. The molecule has 3 aromatic heterocycles. The summed E-state index contributed by atoms with van der Waals surface area (Å²) in [4.78, 5) is 22.4. The maximum absolute atomic E-state index is 11.6. The monoisotopic (exact) mass is 270 g/mol. The Labute approximate surface area is 113 Å². The number of nitrogens with one attached hydrogen (secondary N) is 1. The highest BCUT2D eigenvalue weighted by Gasteiger charge is 2.13. The van der Waals surface area contributed by atoms with Gasteiger partial charge in [0, 0.05) is 24.0 Å². The topological polar surface area (TPSA) is 93.9 Å². The van der Waals surface area contributed by atoms with Crippen LogP contribution >= 0.6 is 0 Å². The van der Waals surface area contributed by atoms with Crippen molar-refractivity contribution in [1.29, 1.82) is 0 Å². The van der Waals surface area contributed by atoms with Gasteiger partial charge in [-0.15, -0.1) is 0 Å². The van der Waals surface area contributed by atoms with Gasteiger partial charge in [0.05, 0.1) is 7.11 Å². The number of aromatic nitrogens is 4. The minimum atomic E-state index is -0.282. The van der Waals surface area contributed by atoms with E-state index in [9.17, 15) is 4.79 Å². The van der Waals surface area contributed by atoms with E-state index in [0.717, 1.165) is 0 Å². The van der Waals surface area contributed by atoms with Crippen LogP contribution in [0.15, 0.2) is 46.0 Å². The minimum absolute atomic E-state index is 0.165. The van der Waals surface area contributed by atoms with Gasteiger partial charge in [-0.1, -0.05) is 5.16 Å². The lowest BCUT2D eigenvalue weighted by Crippen LogP contribution is -2.06. The van der Waals surface area contributed by atoms with Gasteiger partial charge in [-0.2, -0.15) is 4.98 Å². The molecular weight excluding hydrogens is 260 g/mol. The third-order valence-electron chi connectivity index (χ3n) is 2.68. The Bertz CT molecular complexity index is 777. The van der Waals surface area contributed by atoms with Gasteiger partial charge >= 0.3 is 0 Å². The van der Waals surface area contributed by atoms with Crippen LogP contribution in [-0.4, -0.2) is 27.2 Å². The van der Waals surface area contributed by atoms with E-state index in [-0.39, 0.29) is 11.4 Å². The highest BCUT2D eigenvalue weighted by atomic mass is 16.5. The molecule has 0 atom stereocenters. The Hall–Kier alpha value is -2.96. The van der Waals surface area contributed by atoms with Crippen molar-refractivity contribution in [3.05, 3.63) is 47.0 Å². The predicted octanol–water partition coefficient (Wildman–Crippen LogP) is 1.50. The number of ether oxygens (including phenoxy) is 1. The zero-order chi connectivity index (χ0) is 13.9. The van der Waals surface area contributed by atoms with E-state index >= 15 is 0 Å². The molecule has 1 N–H and O–H groups in total. The summed E-state index contributed by atoms with van der Waals surface area (Å²) < 4.78 is 10.1. The minimum Gasteiger partial charge on any atom is -0.481 e. The lowest BCUT2D eigenvalue weighted by Gasteiger charge is -1.97. The molecule has 0 aliphatic rings. The molecule has 0 spiro atoms. The van der Waals surface area contributed by atoms with Gasteiger partial charge in [0.25, 0.3) is 11.4 Å². The van der Waals surface area contributed by atoms with Crippen molar-refractivity contribution < 1.29 is 9.26 Å². The van der Waals surface area contributed by atoms with Crippen molar-refractivity contribution in [2.45, 2.75) is 0 Å². The molecule has 0 saturated carbocycles. The number of aromatic amines is 1. The van der Waals surface area contributed by atoms with Crippen molar-refractivity contribution >= 4 is 0 Å². The molecule has 0 radical (unpaired) electrons. The number of H-pyrrole nitrogens is 1. The lowest BCUT2D eigenvalue weighted by molar-refractivity contribution is 0.398. The molecule has 0 bridgehead atoms. The smallest absolute Gasteiger partial charge is 0.263 e. The van der Waals surface area contributed by atoms with Crippen LogP contribution in [0, 0.1) is 0 Å². The lowest BCUT2D eigenvalue weighted by atomic mass is 10.2. The van der Waals surface area contributed by atoms with E-state index < -0.39 is 0 Å². The largest absolute Gasteiger partial charge is 0.481 e. The standard InChI is InChI=1S/C13H10N4O3/c1-19-10-5-4-8(7-15-10)11-16-13(20-17-11)9-3-2-6-14-12(9)18/h2-7H,1H3,(H,14,18). The van der Waals surface area contributed by atoms with Crippen LogP contribution in [0.5, 0.6) is 5.88 Å². The molecule has 0 fully saturated rings. The van der Waals surface area contributed by atoms with Crippen LogP contribution in [0.3, 0.4) is 0 Å². The van der Waals surface area contributed by atoms with Gasteiger partial charge in [-0.05, 0) is 18.2 Å². The Balaban J connectivity index is 1.97. The second kappa shape index (κ2) is 4.96. The first-order valence-corrected chi connectivity index (χ1v) is 5.80. The molecule has 3 aromatic rings. The SMILES string of the molecule is COc1ccc(-c2noc(-c3ccc[nH]c3=O)n2)cn1. The molecule has 100 valence electrons. The molecule has 0 aromatic carbocycles. The van der Waals surface area contributed by atoms with Gasteiger partial charge in [0.15, 0.2) is 0 Å². The molecule has 7 nitrogen and oxygen atoms in total. The van der Waals surface area contributed by atoms with E-state index in [1.807, 2.05) is 0 Å². The summed E-state index contributed by atoms with van der Waals surface area (Å²) in [6.45, 7) is 0. The molecule has 0 unspecified atom stereocenters. The van der Waals surface area contributed by atoms with E-state index in [0.29, 0.717) is 22.8 Å². The Morgan fingerprint density at radius 2 is 2.20 bits per heavy atom. The summed E-state index contributed by atoms with van der Waals surface area (Å²) in [6, 6.07) is 6.76. The zero-order valence-corrected chi connectivity index (χ0v) is 10.5. The Morgan fingerprint density at radius 3 is 2.90 bits per heavy atom. The van der Waals surface area contributed by atoms with Gasteiger partial charge in [-0.3, -0.25) is 4.79 Å². The number of nitrogens with zero attached hydrogens (tertiary/aromatic N) is 3. The quantitative estimate of drug-likeness (QED) is 0.775. The second-order valence-corrected chi connectivity index (χ2v) is 3.93. The number of pyridine rings is 2. The highest BCUT2D eigenvalue weighted by Crippen LogP contribution is 2.20. The maximum atomic E-state index is 11.6. The van der Waals surface area contributed by atoms with E-state index in [4.69, 9.17) is 9.26 Å². The summed E-state index contributed by atoms with van der Waals surface area (Å²) in [5.41, 5.74) is 0.719. The van der Waals surface area contributed by atoms with E-state index in [1.165, 1.54) is 13.3 Å². The predicted molar refractivity (Wildman–Crippen MR) is 70.1 cm³/mol. The first-order valence-electron chi connectivity index (χ1n) is 5.80. The normalized spacial score (nSPS) is 10.4.